The van der Waals surface area contributed by atoms with Gasteiger partial charge in [0.15, 0.2) is 0 Å². The van der Waals surface area contributed by atoms with Gasteiger partial charge < -0.3 is 19.8 Å². The average molecular weight is 272 g/mol. The lowest BCUT2D eigenvalue weighted by atomic mass is 10.1. The summed E-state index contributed by atoms with van der Waals surface area (Å²) in [6.07, 6.45) is 0.276. The molecule has 0 fully saturated rings. The van der Waals surface area contributed by atoms with Crippen molar-refractivity contribution >= 4 is 0 Å². The smallest absolute Gasteiger partial charge is 0.141 e. The number of aromatic nitrogens is 1. The van der Waals surface area contributed by atoms with Gasteiger partial charge >= 0.3 is 0 Å². The number of aliphatic hydroxyl groups is 2. The van der Waals surface area contributed by atoms with Crippen molar-refractivity contribution in [3.63, 3.8) is 0 Å². The third kappa shape index (κ3) is 6.07. The van der Waals surface area contributed by atoms with Crippen molar-refractivity contribution in [3.8, 4) is 0 Å². The van der Waals surface area contributed by atoms with Crippen molar-refractivity contribution in [3.05, 3.63) is 29.8 Å². The van der Waals surface area contributed by atoms with Crippen LogP contribution in [0.4, 0.5) is 4.39 Å². The molecular weight excluding hydrogens is 251 g/mol. The molecule has 2 unspecified atom stereocenters. The van der Waals surface area contributed by atoms with Gasteiger partial charge in [-0.05, 0) is 25.6 Å². The standard InChI is InChI=1S/C13H21FN2O3/c1-16(8-11(17)9-19-2)6-5-13(18)12-4-3-10(14)7-15-12/h3-4,7,11,13,17-18H,5-6,8-9H2,1-2H3. The summed E-state index contributed by atoms with van der Waals surface area (Å²) in [5, 5.41) is 19.4. The number of ether oxygens (including phenoxy) is 1. The lowest BCUT2D eigenvalue weighted by molar-refractivity contribution is 0.0397. The van der Waals surface area contributed by atoms with E-state index in [2.05, 4.69) is 4.98 Å². The minimum absolute atomic E-state index is 0.284. The Balaban J connectivity index is 2.33. The third-order valence-electron chi connectivity index (χ3n) is 2.76. The minimum atomic E-state index is -0.734. The molecule has 2 N–H and O–H groups in total. The number of hydrogen-bond acceptors (Lipinski definition) is 5. The molecule has 1 aromatic heterocycles. The second kappa shape index (κ2) is 8.16. The van der Waals surface area contributed by atoms with Crippen LogP contribution < -0.4 is 0 Å². The largest absolute Gasteiger partial charge is 0.389 e. The Morgan fingerprint density at radius 1 is 1.42 bits per heavy atom. The highest BCUT2D eigenvalue weighted by molar-refractivity contribution is 5.07. The second-order valence-electron chi connectivity index (χ2n) is 4.58. The first-order valence-electron chi connectivity index (χ1n) is 6.18. The lowest BCUT2D eigenvalue weighted by Crippen LogP contribution is -2.33. The van der Waals surface area contributed by atoms with Crippen LogP contribution in [0.15, 0.2) is 18.3 Å². The molecule has 1 rings (SSSR count). The number of rotatable bonds is 8. The summed E-state index contributed by atoms with van der Waals surface area (Å²) in [5.74, 6) is -0.421. The summed E-state index contributed by atoms with van der Waals surface area (Å²) in [4.78, 5) is 5.73. The van der Waals surface area contributed by atoms with E-state index >= 15 is 0 Å². The van der Waals surface area contributed by atoms with Gasteiger partial charge in [-0.2, -0.15) is 0 Å². The fourth-order valence-electron chi connectivity index (χ4n) is 1.77. The molecule has 5 nitrogen and oxygen atoms in total. The zero-order valence-electron chi connectivity index (χ0n) is 11.3. The van der Waals surface area contributed by atoms with Crippen LogP contribution in [0.1, 0.15) is 18.2 Å². The second-order valence-corrected chi connectivity index (χ2v) is 4.58. The zero-order chi connectivity index (χ0) is 14.3. The SMILES string of the molecule is COCC(O)CN(C)CCC(O)c1ccc(F)cn1. The predicted octanol–water partition coefficient (Wildman–Crippen LogP) is 0.583. The Bertz CT molecular complexity index is 361. The summed E-state index contributed by atoms with van der Waals surface area (Å²) in [6, 6.07) is 2.75. The fourth-order valence-corrected chi connectivity index (χ4v) is 1.77. The number of aliphatic hydroxyl groups excluding tert-OH is 2. The average Bonchev–Trinajstić information content (AvgIpc) is 2.37. The van der Waals surface area contributed by atoms with Crippen molar-refractivity contribution in [2.75, 3.05) is 33.9 Å². The van der Waals surface area contributed by atoms with E-state index in [1.54, 1.807) is 0 Å². The van der Waals surface area contributed by atoms with Crippen LogP contribution in [0.2, 0.25) is 0 Å². The van der Waals surface area contributed by atoms with Gasteiger partial charge in [-0.15, -0.1) is 0 Å². The van der Waals surface area contributed by atoms with E-state index in [1.165, 1.54) is 19.2 Å². The highest BCUT2D eigenvalue weighted by Crippen LogP contribution is 2.14. The van der Waals surface area contributed by atoms with Crippen molar-refractivity contribution in [2.45, 2.75) is 18.6 Å². The molecule has 0 bridgehead atoms. The van der Waals surface area contributed by atoms with Gasteiger partial charge in [-0.1, -0.05) is 0 Å². The molecule has 0 amide bonds. The van der Waals surface area contributed by atoms with Crippen LogP contribution in [0, 0.1) is 5.82 Å². The number of hydrogen-bond donors (Lipinski definition) is 2. The number of halogens is 1. The van der Waals surface area contributed by atoms with E-state index in [0.717, 1.165) is 6.20 Å². The number of pyridine rings is 1. The third-order valence-corrected chi connectivity index (χ3v) is 2.76. The summed E-state index contributed by atoms with van der Waals surface area (Å²) >= 11 is 0. The van der Waals surface area contributed by atoms with Gasteiger partial charge in [0.25, 0.3) is 0 Å². The van der Waals surface area contributed by atoms with E-state index in [-0.39, 0.29) is 6.61 Å². The summed E-state index contributed by atoms with van der Waals surface area (Å²) in [7, 11) is 3.39. The van der Waals surface area contributed by atoms with Crippen LogP contribution in [-0.2, 0) is 4.74 Å². The van der Waals surface area contributed by atoms with Crippen LogP contribution in [0.25, 0.3) is 0 Å². The normalized spacial score (nSPS) is 14.6. The molecule has 0 saturated heterocycles. The molecule has 0 saturated carbocycles. The topological polar surface area (TPSA) is 65.8 Å². The highest BCUT2D eigenvalue weighted by atomic mass is 19.1. The summed E-state index contributed by atoms with van der Waals surface area (Å²) in [5.41, 5.74) is 0.451. The molecule has 0 radical (unpaired) electrons. The van der Waals surface area contributed by atoms with Gasteiger partial charge in [0.05, 0.1) is 30.7 Å². The van der Waals surface area contributed by atoms with Gasteiger partial charge in [0.1, 0.15) is 5.82 Å². The molecule has 1 heterocycles. The Labute approximate surface area is 112 Å². The first-order valence-corrected chi connectivity index (χ1v) is 6.18. The minimum Gasteiger partial charge on any atom is -0.389 e. The zero-order valence-corrected chi connectivity index (χ0v) is 11.3. The predicted molar refractivity (Wildman–Crippen MR) is 69.2 cm³/mol. The Morgan fingerprint density at radius 3 is 2.74 bits per heavy atom. The molecule has 0 aliphatic rings. The van der Waals surface area contributed by atoms with Crippen LogP contribution in [0.3, 0.4) is 0 Å². The van der Waals surface area contributed by atoms with E-state index < -0.39 is 18.0 Å². The molecule has 108 valence electrons. The van der Waals surface area contributed by atoms with Gasteiger partial charge in [-0.25, -0.2) is 4.39 Å². The molecule has 1 aromatic rings. The molecule has 0 spiro atoms. The number of nitrogens with zero attached hydrogens (tertiary/aromatic N) is 2. The quantitative estimate of drug-likeness (QED) is 0.725. The molecule has 0 aliphatic heterocycles. The van der Waals surface area contributed by atoms with Crippen LogP contribution in [0.5, 0.6) is 0 Å². The first kappa shape index (κ1) is 16.0. The van der Waals surface area contributed by atoms with Gasteiger partial charge in [-0.3, -0.25) is 4.98 Å². The number of likely N-dealkylation sites (N-methyl/N-ethyl adjacent to an activating group) is 1. The van der Waals surface area contributed by atoms with Crippen molar-refractivity contribution in [1.29, 1.82) is 0 Å². The van der Waals surface area contributed by atoms with Crippen LogP contribution in [-0.4, -0.2) is 60.1 Å². The maximum absolute atomic E-state index is 12.7. The molecular formula is C13H21FN2O3. The van der Waals surface area contributed by atoms with Crippen molar-refractivity contribution in [2.24, 2.45) is 0 Å². The summed E-state index contributed by atoms with van der Waals surface area (Å²) < 4.78 is 17.5. The number of methoxy groups -OCH3 is 1. The van der Waals surface area contributed by atoms with E-state index in [0.29, 0.717) is 25.2 Å². The molecule has 19 heavy (non-hydrogen) atoms. The fraction of sp³-hybridized carbons (Fsp3) is 0.615. The monoisotopic (exact) mass is 272 g/mol. The first-order chi connectivity index (χ1) is 9.02. The maximum Gasteiger partial charge on any atom is 0.141 e. The van der Waals surface area contributed by atoms with E-state index in [4.69, 9.17) is 4.74 Å². The lowest BCUT2D eigenvalue weighted by Gasteiger charge is -2.21. The molecule has 2 atom stereocenters. The highest BCUT2D eigenvalue weighted by Gasteiger charge is 2.12. The Morgan fingerprint density at radius 2 is 2.16 bits per heavy atom. The van der Waals surface area contributed by atoms with Gasteiger partial charge in [0.2, 0.25) is 0 Å². The molecule has 6 heteroatoms. The van der Waals surface area contributed by atoms with E-state index in [9.17, 15) is 14.6 Å². The van der Waals surface area contributed by atoms with Crippen molar-refractivity contribution in [1.82, 2.24) is 9.88 Å². The van der Waals surface area contributed by atoms with Gasteiger partial charge in [0, 0.05) is 20.2 Å². The Kier molecular flexibility index (Phi) is 6.86. The van der Waals surface area contributed by atoms with Crippen LogP contribution >= 0.6 is 0 Å². The Hall–Kier alpha value is -1.08. The maximum atomic E-state index is 12.7. The molecule has 0 aliphatic carbocycles. The molecule has 0 aromatic carbocycles. The van der Waals surface area contributed by atoms with Crippen molar-refractivity contribution < 1.29 is 19.3 Å². The summed E-state index contributed by atoms with van der Waals surface area (Å²) in [6.45, 7) is 1.35. The van der Waals surface area contributed by atoms with E-state index in [1.807, 2.05) is 11.9 Å².